The van der Waals surface area contributed by atoms with Crippen molar-refractivity contribution in [2.45, 2.75) is 13.3 Å². The summed E-state index contributed by atoms with van der Waals surface area (Å²) in [6, 6.07) is 5.82. The van der Waals surface area contributed by atoms with E-state index in [2.05, 4.69) is 20.7 Å². The molecule has 0 spiro atoms. The maximum atomic E-state index is 10.9. The molecule has 0 unspecified atom stereocenters. The molecule has 0 aliphatic heterocycles. The summed E-state index contributed by atoms with van der Waals surface area (Å²) in [6.07, 6.45) is 0.338. The number of rotatable bonds is 2. The minimum atomic E-state index is -0.207. The number of hydrogen-bond donors (Lipinski definition) is 0. The predicted octanol–water partition coefficient (Wildman–Crippen LogP) is 2.47. The van der Waals surface area contributed by atoms with Crippen LogP contribution in [-0.4, -0.2) is 13.1 Å². The van der Waals surface area contributed by atoms with E-state index in [-0.39, 0.29) is 5.97 Å². The van der Waals surface area contributed by atoms with Crippen LogP contribution in [0.5, 0.6) is 0 Å². The maximum absolute atomic E-state index is 10.9. The summed E-state index contributed by atoms with van der Waals surface area (Å²) < 4.78 is 5.63. The number of benzene rings is 1. The molecule has 1 aromatic carbocycles. The first-order chi connectivity index (χ1) is 6.13. The van der Waals surface area contributed by atoms with Gasteiger partial charge in [-0.1, -0.05) is 28.1 Å². The fourth-order valence-electron chi connectivity index (χ4n) is 1.06. The molecule has 0 aromatic heterocycles. The van der Waals surface area contributed by atoms with Gasteiger partial charge in [-0.15, -0.1) is 0 Å². The Balaban J connectivity index is 2.79. The summed E-state index contributed by atoms with van der Waals surface area (Å²) in [4.78, 5) is 10.9. The van der Waals surface area contributed by atoms with Gasteiger partial charge in [0.2, 0.25) is 0 Å². The van der Waals surface area contributed by atoms with E-state index >= 15 is 0 Å². The molecule has 1 aromatic rings. The van der Waals surface area contributed by atoms with Crippen molar-refractivity contribution in [1.82, 2.24) is 0 Å². The highest BCUT2D eigenvalue weighted by atomic mass is 79.9. The van der Waals surface area contributed by atoms with Crippen LogP contribution in [0.4, 0.5) is 0 Å². The van der Waals surface area contributed by atoms with Crippen LogP contribution in [-0.2, 0) is 16.0 Å². The summed E-state index contributed by atoms with van der Waals surface area (Å²) in [5.41, 5.74) is 2.11. The van der Waals surface area contributed by atoms with E-state index < -0.39 is 0 Å². The number of ether oxygens (including phenoxy) is 1. The number of aryl methyl sites for hydroxylation is 1. The number of methoxy groups -OCH3 is 1. The van der Waals surface area contributed by atoms with Crippen molar-refractivity contribution in [3.05, 3.63) is 33.8 Å². The Kier molecular flexibility index (Phi) is 3.48. The molecule has 0 heterocycles. The van der Waals surface area contributed by atoms with E-state index in [1.54, 1.807) is 0 Å². The zero-order chi connectivity index (χ0) is 9.84. The largest absolute Gasteiger partial charge is 0.469 e. The van der Waals surface area contributed by atoms with Gasteiger partial charge < -0.3 is 4.74 Å². The SMILES string of the molecule is COC(=O)Cc1ccc(Br)c(C)c1. The average Bonchev–Trinajstić information content (AvgIpc) is 2.11. The lowest BCUT2D eigenvalue weighted by Gasteiger charge is -2.02. The molecule has 0 saturated heterocycles. The molecule has 0 bridgehead atoms. The first-order valence-corrected chi connectivity index (χ1v) is 4.74. The molecule has 70 valence electrons. The second-order valence-corrected chi connectivity index (χ2v) is 3.69. The number of carbonyl (C=O) groups excluding carboxylic acids is 1. The van der Waals surface area contributed by atoms with Gasteiger partial charge in [-0.2, -0.15) is 0 Å². The molecule has 0 saturated carbocycles. The average molecular weight is 243 g/mol. The lowest BCUT2D eigenvalue weighted by atomic mass is 10.1. The maximum Gasteiger partial charge on any atom is 0.309 e. The van der Waals surface area contributed by atoms with Gasteiger partial charge >= 0.3 is 5.97 Å². The normalized spacial score (nSPS) is 9.77. The van der Waals surface area contributed by atoms with E-state index in [0.29, 0.717) is 6.42 Å². The fourth-order valence-corrected chi connectivity index (χ4v) is 1.30. The summed E-state index contributed by atoms with van der Waals surface area (Å²) in [5.74, 6) is -0.207. The monoisotopic (exact) mass is 242 g/mol. The summed E-state index contributed by atoms with van der Waals surface area (Å²) in [7, 11) is 1.40. The molecule has 0 aliphatic rings. The smallest absolute Gasteiger partial charge is 0.309 e. The van der Waals surface area contributed by atoms with Gasteiger partial charge in [-0.25, -0.2) is 0 Å². The quantitative estimate of drug-likeness (QED) is 0.746. The van der Waals surface area contributed by atoms with Gasteiger partial charge in [-0.3, -0.25) is 4.79 Å². The molecule has 0 N–H and O–H groups in total. The van der Waals surface area contributed by atoms with Gasteiger partial charge in [0.05, 0.1) is 13.5 Å². The van der Waals surface area contributed by atoms with E-state index in [1.807, 2.05) is 25.1 Å². The van der Waals surface area contributed by atoms with E-state index in [0.717, 1.165) is 15.6 Å². The molecule has 2 nitrogen and oxygen atoms in total. The highest BCUT2D eigenvalue weighted by molar-refractivity contribution is 9.10. The molecule has 0 amide bonds. The topological polar surface area (TPSA) is 26.3 Å². The third-order valence-electron chi connectivity index (χ3n) is 1.80. The molecule has 0 atom stereocenters. The predicted molar refractivity (Wildman–Crippen MR) is 54.6 cm³/mol. The lowest BCUT2D eigenvalue weighted by molar-refractivity contribution is -0.139. The molecule has 3 heteroatoms. The Bertz CT molecular complexity index is 321. The van der Waals surface area contributed by atoms with Gasteiger partial charge in [0.15, 0.2) is 0 Å². The van der Waals surface area contributed by atoms with Crippen LogP contribution in [0.25, 0.3) is 0 Å². The minimum absolute atomic E-state index is 0.207. The standard InChI is InChI=1S/C10H11BrO2/c1-7-5-8(3-4-9(7)11)6-10(12)13-2/h3-5H,6H2,1-2H3. The van der Waals surface area contributed by atoms with Crippen molar-refractivity contribution in [3.63, 3.8) is 0 Å². The van der Waals surface area contributed by atoms with Crippen LogP contribution in [0.2, 0.25) is 0 Å². The Morgan fingerprint density at radius 3 is 2.77 bits per heavy atom. The Hall–Kier alpha value is -0.830. The highest BCUT2D eigenvalue weighted by Gasteiger charge is 2.03. The van der Waals surface area contributed by atoms with E-state index in [1.165, 1.54) is 7.11 Å². The van der Waals surface area contributed by atoms with E-state index in [4.69, 9.17) is 0 Å². The first-order valence-electron chi connectivity index (χ1n) is 3.95. The molecule has 0 radical (unpaired) electrons. The third-order valence-corrected chi connectivity index (χ3v) is 2.69. The second-order valence-electron chi connectivity index (χ2n) is 2.84. The molecular weight excluding hydrogens is 232 g/mol. The van der Waals surface area contributed by atoms with Crippen molar-refractivity contribution in [3.8, 4) is 0 Å². The minimum Gasteiger partial charge on any atom is -0.469 e. The lowest BCUT2D eigenvalue weighted by Crippen LogP contribution is -2.04. The molecule has 0 aliphatic carbocycles. The Morgan fingerprint density at radius 2 is 2.23 bits per heavy atom. The van der Waals surface area contributed by atoms with Crippen LogP contribution in [0, 0.1) is 6.92 Å². The Morgan fingerprint density at radius 1 is 1.54 bits per heavy atom. The van der Waals surface area contributed by atoms with Crippen molar-refractivity contribution in [1.29, 1.82) is 0 Å². The van der Waals surface area contributed by atoms with Gasteiger partial charge in [0, 0.05) is 4.47 Å². The van der Waals surface area contributed by atoms with Gasteiger partial charge in [0.25, 0.3) is 0 Å². The van der Waals surface area contributed by atoms with Gasteiger partial charge in [0.1, 0.15) is 0 Å². The number of halogens is 1. The second kappa shape index (κ2) is 4.42. The van der Waals surface area contributed by atoms with Crippen LogP contribution in [0.1, 0.15) is 11.1 Å². The van der Waals surface area contributed by atoms with Crippen molar-refractivity contribution >= 4 is 21.9 Å². The fraction of sp³-hybridized carbons (Fsp3) is 0.300. The summed E-state index contributed by atoms with van der Waals surface area (Å²) >= 11 is 3.40. The van der Waals surface area contributed by atoms with Crippen molar-refractivity contribution in [2.24, 2.45) is 0 Å². The molecule has 0 fully saturated rings. The molecular formula is C10H11BrO2. The summed E-state index contributed by atoms with van der Waals surface area (Å²) in [6.45, 7) is 1.99. The van der Waals surface area contributed by atoms with Crippen molar-refractivity contribution < 1.29 is 9.53 Å². The Labute approximate surface area is 86.0 Å². The third kappa shape index (κ3) is 2.84. The molecule has 1 rings (SSSR count). The number of carbonyl (C=O) groups is 1. The van der Waals surface area contributed by atoms with Crippen LogP contribution >= 0.6 is 15.9 Å². The van der Waals surface area contributed by atoms with Crippen LogP contribution < -0.4 is 0 Å². The number of hydrogen-bond acceptors (Lipinski definition) is 2. The van der Waals surface area contributed by atoms with Gasteiger partial charge in [-0.05, 0) is 24.1 Å². The zero-order valence-electron chi connectivity index (χ0n) is 7.63. The van der Waals surface area contributed by atoms with Crippen LogP contribution in [0.15, 0.2) is 22.7 Å². The number of esters is 1. The molecule has 13 heavy (non-hydrogen) atoms. The zero-order valence-corrected chi connectivity index (χ0v) is 9.22. The van der Waals surface area contributed by atoms with Crippen molar-refractivity contribution in [2.75, 3.05) is 7.11 Å². The first kappa shape index (κ1) is 10.3. The van der Waals surface area contributed by atoms with E-state index in [9.17, 15) is 4.79 Å². The summed E-state index contributed by atoms with van der Waals surface area (Å²) in [5, 5.41) is 0. The van der Waals surface area contributed by atoms with Crippen LogP contribution in [0.3, 0.4) is 0 Å². The highest BCUT2D eigenvalue weighted by Crippen LogP contribution is 2.17.